The second-order valence-corrected chi connectivity index (χ2v) is 7.56. The van der Waals surface area contributed by atoms with Crippen molar-refractivity contribution in [3.63, 3.8) is 0 Å². The van der Waals surface area contributed by atoms with E-state index in [0.717, 1.165) is 58.0 Å². The first kappa shape index (κ1) is 16.0. The van der Waals surface area contributed by atoms with Crippen molar-refractivity contribution < 1.29 is 5.11 Å². The standard InChI is InChI=1S/C18H18ClN3OS/c19-15-6-5-12(18-14-3-1-2-4-16(14)20-21-18)11-17(15)24-22-9-7-13(23)8-10-22/h1-6,11,13,23H,7-10H2,(H,20,21). The molecule has 0 spiro atoms. The van der Waals surface area contributed by atoms with Crippen LogP contribution in [0.15, 0.2) is 47.4 Å². The van der Waals surface area contributed by atoms with Crippen molar-refractivity contribution in [1.82, 2.24) is 14.5 Å². The average Bonchev–Trinajstić information content (AvgIpc) is 3.03. The van der Waals surface area contributed by atoms with E-state index in [2.05, 4.69) is 26.6 Å². The zero-order valence-corrected chi connectivity index (χ0v) is 14.6. The highest BCUT2D eigenvalue weighted by molar-refractivity contribution is 7.97. The fraction of sp³-hybridized carbons (Fsp3) is 0.278. The van der Waals surface area contributed by atoms with Crippen LogP contribution in [0.25, 0.3) is 22.2 Å². The number of para-hydroxylation sites is 1. The number of aromatic nitrogens is 2. The van der Waals surface area contributed by atoms with Gasteiger partial charge in [-0.2, -0.15) is 5.10 Å². The van der Waals surface area contributed by atoms with Gasteiger partial charge in [0, 0.05) is 28.9 Å². The molecule has 4 nitrogen and oxygen atoms in total. The Morgan fingerprint density at radius 1 is 1.17 bits per heavy atom. The molecular weight excluding hydrogens is 342 g/mol. The lowest BCUT2D eigenvalue weighted by atomic mass is 10.1. The maximum atomic E-state index is 9.64. The van der Waals surface area contributed by atoms with Crippen LogP contribution in [0.3, 0.4) is 0 Å². The van der Waals surface area contributed by atoms with Gasteiger partial charge in [-0.15, -0.1) is 0 Å². The minimum Gasteiger partial charge on any atom is -0.393 e. The summed E-state index contributed by atoms with van der Waals surface area (Å²) < 4.78 is 2.26. The number of piperidine rings is 1. The maximum absolute atomic E-state index is 9.64. The number of aliphatic hydroxyl groups is 1. The highest BCUT2D eigenvalue weighted by Crippen LogP contribution is 2.36. The molecule has 0 bridgehead atoms. The molecule has 0 radical (unpaired) electrons. The number of nitrogens with zero attached hydrogens (tertiary/aromatic N) is 2. The van der Waals surface area contributed by atoms with E-state index in [9.17, 15) is 5.11 Å². The summed E-state index contributed by atoms with van der Waals surface area (Å²) in [5, 5.41) is 19.0. The monoisotopic (exact) mass is 359 g/mol. The molecule has 1 aliphatic heterocycles. The van der Waals surface area contributed by atoms with Gasteiger partial charge in [0.15, 0.2) is 0 Å². The van der Waals surface area contributed by atoms with E-state index in [1.165, 1.54) is 0 Å². The molecule has 1 saturated heterocycles. The third-order valence-electron chi connectivity index (χ3n) is 4.33. The van der Waals surface area contributed by atoms with Crippen molar-refractivity contribution in [2.45, 2.75) is 23.8 Å². The second kappa shape index (κ2) is 6.76. The summed E-state index contributed by atoms with van der Waals surface area (Å²) in [5.41, 5.74) is 3.02. The molecular formula is C18H18ClN3OS. The number of aliphatic hydroxyl groups excluding tert-OH is 1. The lowest BCUT2D eigenvalue weighted by Crippen LogP contribution is -2.31. The summed E-state index contributed by atoms with van der Waals surface area (Å²) in [6.45, 7) is 1.75. The third-order valence-corrected chi connectivity index (χ3v) is 5.93. The van der Waals surface area contributed by atoms with E-state index in [1.54, 1.807) is 11.9 Å². The molecule has 0 aliphatic carbocycles. The van der Waals surface area contributed by atoms with Crippen molar-refractivity contribution in [3.8, 4) is 11.3 Å². The van der Waals surface area contributed by atoms with E-state index in [4.69, 9.17) is 11.6 Å². The van der Waals surface area contributed by atoms with Crippen molar-refractivity contribution in [1.29, 1.82) is 0 Å². The van der Waals surface area contributed by atoms with Gasteiger partial charge in [-0.05, 0) is 43.0 Å². The zero-order chi connectivity index (χ0) is 16.5. The van der Waals surface area contributed by atoms with Crippen LogP contribution >= 0.6 is 23.5 Å². The van der Waals surface area contributed by atoms with Gasteiger partial charge in [0.1, 0.15) is 0 Å². The van der Waals surface area contributed by atoms with Crippen LogP contribution < -0.4 is 0 Å². The largest absolute Gasteiger partial charge is 0.393 e. The predicted molar refractivity (Wildman–Crippen MR) is 99.2 cm³/mol. The number of H-pyrrole nitrogens is 1. The summed E-state index contributed by atoms with van der Waals surface area (Å²) in [6.07, 6.45) is 1.46. The molecule has 1 aliphatic rings. The van der Waals surface area contributed by atoms with Gasteiger partial charge in [-0.25, -0.2) is 4.31 Å². The van der Waals surface area contributed by atoms with Crippen LogP contribution in [0.2, 0.25) is 5.02 Å². The van der Waals surface area contributed by atoms with Gasteiger partial charge in [-0.3, -0.25) is 5.10 Å². The fourth-order valence-corrected chi connectivity index (χ4v) is 4.20. The Labute approximate surface area is 150 Å². The van der Waals surface area contributed by atoms with Crippen LogP contribution in [0, 0.1) is 0 Å². The van der Waals surface area contributed by atoms with Crippen molar-refractivity contribution in [2.24, 2.45) is 0 Å². The Morgan fingerprint density at radius 3 is 2.79 bits per heavy atom. The molecule has 6 heteroatoms. The predicted octanol–water partition coefficient (Wildman–Crippen LogP) is 4.35. The molecule has 3 aromatic rings. The van der Waals surface area contributed by atoms with Gasteiger partial charge in [0.25, 0.3) is 0 Å². The highest BCUT2D eigenvalue weighted by atomic mass is 35.5. The normalized spacial score (nSPS) is 16.8. The first-order valence-corrected chi connectivity index (χ1v) is 9.20. The van der Waals surface area contributed by atoms with Gasteiger partial charge in [0.2, 0.25) is 0 Å². The highest BCUT2D eigenvalue weighted by Gasteiger charge is 2.19. The first-order valence-electron chi connectivity index (χ1n) is 8.05. The molecule has 0 saturated carbocycles. The number of benzene rings is 2. The molecule has 2 aromatic carbocycles. The molecule has 2 N–H and O–H groups in total. The van der Waals surface area contributed by atoms with E-state index >= 15 is 0 Å². The molecule has 1 fully saturated rings. The minimum atomic E-state index is -0.168. The topological polar surface area (TPSA) is 52.1 Å². The molecule has 1 aromatic heterocycles. The number of hydrogen-bond acceptors (Lipinski definition) is 4. The van der Waals surface area contributed by atoms with Crippen LogP contribution in [0.1, 0.15) is 12.8 Å². The Kier molecular flexibility index (Phi) is 4.50. The lowest BCUT2D eigenvalue weighted by Gasteiger charge is -2.28. The van der Waals surface area contributed by atoms with Gasteiger partial charge < -0.3 is 5.11 Å². The number of fused-ring (bicyclic) bond motifs is 1. The average molecular weight is 360 g/mol. The first-order chi connectivity index (χ1) is 11.7. The van der Waals surface area contributed by atoms with Gasteiger partial charge in [-0.1, -0.05) is 35.9 Å². The van der Waals surface area contributed by atoms with Crippen molar-refractivity contribution >= 4 is 34.5 Å². The quantitative estimate of drug-likeness (QED) is 0.683. The number of halogens is 1. The summed E-state index contributed by atoms with van der Waals surface area (Å²) in [5.74, 6) is 0. The molecule has 0 unspecified atom stereocenters. The Hall–Kier alpha value is -1.53. The zero-order valence-electron chi connectivity index (χ0n) is 13.1. The van der Waals surface area contributed by atoms with Crippen LogP contribution in [0.4, 0.5) is 0 Å². The molecule has 124 valence electrons. The third kappa shape index (κ3) is 3.17. The maximum Gasteiger partial charge on any atom is 0.0999 e. The number of aromatic amines is 1. The van der Waals surface area contributed by atoms with Gasteiger partial charge >= 0.3 is 0 Å². The minimum absolute atomic E-state index is 0.168. The van der Waals surface area contributed by atoms with Crippen LogP contribution in [0.5, 0.6) is 0 Å². The summed E-state index contributed by atoms with van der Waals surface area (Å²) in [7, 11) is 0. The second-order valence-electron chi connectivity index (χ2n) is 6.01. The Morgan fingerprint density at radius 2 is 1.96 bits per heavy atom. The smallest absolute Gasteiger partial charge is 0.0999 e. The molecule has 4 rings (SSSR count). The van der Waals surface area contributed by atoms with Gasteiger partial charge in [0.05, 0.1) is 22.3 Å². The SMILES string of the molecule is OC1CCN(Sc2cc(-c3n[nH]c4ccccc34)ccc2Cl)CC1. The number of nitrogens with one attached hydrogen (secondary N) is 1. The fourth-order valence-electron chi connectivity index (χ4n) is 2.98. The Bertz CT molecular complexity index is 858. The molecule has 2 heterocycles. The van der Waals surface area contributed by atoms with E-state index in [1.807, 2.05) is 30.3 Å². The number of hydrogen-bond donors (Lipinski definition) is 2. The van der Waals surface area contributed by atoms with E-state index in [0.29, 0.717) is 0 Å². The molecule has 0 atom stereocenters. The number of rotatable bonds is 3. The van der Waals surface area contributed by atoms with Crippen LogP contribution in [-0.4, -0.2) is 38.8 Å². The molecule has 24 heavy (non-hydrogen) atoms. The summed E-state index contributed by atoms with van der Waals surface area (Å²) in [6, 6.07) is 14.2. The Balaban J connectivity index is 1.64. The van der Waals surface area contributed by atoms with Crippen molar-refractivity contribution in [3.05, 3.63) is 47.5 Å². The van der Waals surface area contributed by atoms with E-state index in [-0.39, 0.29) is 6.10 Å². The summed E-state index contributed by atoms with van der Waals surface area (Å²) in [4.78, 5) is 1.03. The summed E-state index contributed by atoms with van der Waals surface area (Å²) >= 11 is 8.06. The van der Waals surface area contributed by atoms with Crippen molar-refractivity contribution in [2.75, 3.05) is 13.1 Å². The van der Waals surface area contributed by atoms with Crippen LogP contribution in [-0.2, 0) is 0 Å². The molecule has 0 amide bonds. The lowest BCUT2D eigenvalue weighted by molar-refractivity contribution is 0.116. The van der Waals surface area contributed by atoms with E-state index < -0.39 is 0 Å².